The van der Waals surface area contributed by atoms with E-state index in [1.165, 1.54) is 5.56 Å². The van der Waals surface area contributed by atoms with E-state index in [2.05, 4.69) is 4.90 Å². The number of methoxy groups -OCH3 is 2. The van der Waals surface area contributed by atoms with Gasteiger partial charge in [0.1, 0.15) is 0 Å². The summed E-state index contributed by atoms with van der Waals surface area (Å²) in [7, 11) is 5.33. The number of likely N-dealkylation sites (N-methyl/N-ethyl adjacent to an activating group) is 1. The van der Waals surface area contributed by atoms with Crippen molar-refractivity contribution >= 4 is 0 Å². The van der Waals surface area contributed by atoms with Gasteiger partial charge in [-0.05, 0) is 36.7 Å². The molecule has 0 aliphatic carbocycles. The molecule has 0 saturated heterocycles. The van der Waals surface area contributed by atoms with E-state index in [1.54, 1.807) is 14.2 Å². The molecule has 4 heteroatoms. The van der Waals surface area contributed by atoms with Gasteiger partial charge in [-0.3, -0.25) is 4.90 Å². The van der Waals surface area contributed by atoms with Crippen LogP contribution in [0.25, 0.3) is 0 Å². The molecule has 0 spiro atoms. The van der Waals surface area contributed by atoms with E-state index in [1.807, 2.05) is 19.2 Å². The summed E-state index contributed by atoms with van der Waals surface area (Å²) in [6, 6.07) is 4.01. The molecule has 1 aromatic carbocycles. The maximum Gasteiger partial charge on any atom is 0.161 e. The number of hydrogen-bond acceptors (Lipinski definition) is 4. The molecule has 2 rings (SSSR count). The van der Waals surface area contributed by atoms with Crippen LogP contribution >= 0.6 is 0 Å². The molecule has 0 radical (unpaired) electrons. The van der Waals surface area contributed by atoms with E-state index in [4.69, 9.17) is 15.2 Å². The number of hydrogen-bond donors (Lipinski definition) is 1. The van der Waals surface area contributed by atoms with Gasteiger partial charge in [-0.25, -0.2) is 0 Å². The molecule has 1 atom stereocenters. The van der Waals surface area contributed by atoms with Crippen LogP contribution in [0.5, 0.6) is 11.5 Å². The third-order valence-electron chi connectivity index (χ3n) is 3.17. The number of benzene rings is 1. The highest BCUT2D eigenvalue weighted by molar-refractivity contribution is 5.49. The number of fused-ring (bicyclic) bond motifs is 1. The summed E-state index contributed by atoms with van der Waals surface area (Å²) in [5.41, 5.74) is 8.52. The van der Waals surface area contributed by atoms with Crippen molar-refractivity contribution in [2.24, 2.45) is 5.73 Å². The molecule has 0 fully saturated rings. The zero-order chi connectivity index (χ0) is 11.7. The van der Waals surface area contributed by atoms with Crippen LogP contribution in [-0.4, -0.2) is 32.7 Å². The Balaban J connectivity index is 2.48. The largest absolute Gasteiger partial charge is 0.493 e. The van der Waals surface area contributed by atoms with E-state index >= 15 is 0 Å². The number of ether oxygens (including phenoxy) is 2. The van der Waals surface area contributed by atoms with Crippen molar-refractivity contribution in [3.8, 4) is 11.5 Å². The second-order valence-corrected chi connectivity index (χ2v) is 4.08. The quantitative estimate of drug-likeness (QED) is 0.815. The fourth-order valence-electron chi connectivity index (χ4n) is 2.10. The summed E-state index contributed by atoms with van der Waals surface area (Å²) in [6.45, 7) is 0.976. The monoisotopic (exact) mass is 222 g/mol. The fourth-order valence-corrected chi connectivity index (χ4v) is 2.10. The molecule has 0 aromatic heterocycles. The maximum atomic E-state index is 6.13. The molecule has 1 heterocycles. The second kappa shape index (κ2) is 4.31. The smallest absolute Gasteiger partial charge is 0.161 e. The Hall–Kier alpha value is -1.26. The Morgan fingerprint density at radius 1 is 1.25 bits per heavy atom. The van der Waals surface area contributed by atoms with Crippen LogP contribution in [-0.2, 0) is 6.42 Å². The van der Waals surface area contributed by atoms with E-state index < -0.39 is 0 Å². The van der Waals surface area contributed by atoms with Crippen molar-refractivity contribution in [3.05, 3.63) is 23.3 Å². The van der Waals surface area contributed by atoms with Gasteiger partial charge in [-0.2, -0.15) is 0 Å². The zero-order valence-electron chi connectivity index (χ0n) is 9.99. The minimum Gasteiger partial charge on any atom is -0.493 e. The highest BCUT2D eigenvalue weighted by Crippen LogP contribution is 2.35. The zero-order valence-corrected chi connectivity index (χ0v) is 9.99. The first-order valence-electron chi connectivity index (χ1n) is 5.38. The molecule has 1 aromatic rings. The summed E-state index contributed by atoms with van der Waals surface area (Å²) < 4.78 is 10.6. The molecule has 4 nitrogen and oxygen atoms in total. The standard InChI is InChI=1S/C12H18N2O2/c1-14-5-4-8-6-10(15-2)11(16-3)7-9(8)12(14)13/h6-7,12H,4-5,13H2,1-3H3. The van der Waals surface area contributed by atoms with E-state index in [-0.39, 0.29) is 6.17 Å². The average Bonchev–Trinajstić information content (AvgIpc) is 2.32. The van der Waals surface area contributed by atoms with Gasteiger partial charge in [-0.15, -0.1) is 0 Å². The van der Waals surface area contributed by atoms with Crippen LogP contribution in [0.1, 0.15) is 17.3 Å². The lowest BCUT2D eigenvalue weighted by Gasteiger charge is -2.32. The predicted molar refractivity (Wildman–Crippen MR) is 62.8 cm³/mol. The van der Waals surface area contributed by atoms with Gasteiger partial charge in [0.15, 0.2) is 11.5 Å². The third-order valence-corrected chi connectivity index (χ3v) is 3.17. The van der Waals surface area contributed by atoms with E-state index in [9.17, 15) is 0 Å². The van der Waals surface area contributed by atoms with Gasteiger partial charge >= 0.3 is 0 Å². The lowest BCUT2D eigenvalue weighted by Crippen LogP contribution is -2.37. The van der Waals surface area contributed by atoms with E-state index in [0.717, 1.165) is 30.0 Å². The van der Waals surface area contributed by atoms with Gasteiger partial charge in [0, 0.05) is 6.54 Å². The Morgan fingerprint density at radius 2 is 1.88 bits per heavy atom. The molecule has 0 amide bonds. The Kier molecular flexibility index (Phi) is 3.03. The molecule has 88 valence electrons. The summed E-state index contributed by atoms with van der Waals surface area (Å²) in [5, 5.41) is 0. The van der Waals surface area contributed by atoms with Gasteiger partial charge in [0.05, 0.1) is 20.4 Å². The molecule has 2 N–H and O–H groups in total. The van der Waals surface area contributed by atoms with Crippen molar-refractivity contribution in [2.75, 3.05) is 27.8 Å². The minimum absolute atomic E-state index is 0.0523. The van der Waals surface area contributed by atoms with E-state index in [0.29, 0.717) is 0 Å². The molecular weight excluding hydrogens is 204 g/mol. The fraction of sp³-hybridized carbons (Fsp3) is 0.500. The molecule has 1 aliphatic rings. The SMILES string of the molecule is COc1cc2c(cc1OC)C(N)N(C)CC2. The van der Waals surface area contributed by atoms with Crippen LogP contribution < -0.4 is 15.2 Å². The van der Waals surface area contributed by atoms with Gasteiger partial charge in [0.25, 0.3) is 0 Å². The molecule has 0 saturated carbocycles. The van der Waals surface area contributed by atoms with Gasteiger partial charge < -0.3 is 15.2 Å². The van der Waals surface area contributed by atoms with Crippen molar-refractivity contribution in [1.82, 2.24) is 4.90 Å². The predicted octanol–water partition coefficient (Wildman–Crippen LogP) is 1.15. The number of nitrogens with two attached hydrogens (primary N) is 1. The number of nitrogens with zero attached hydrogens (tertiary/aromatic N) is 1. The molecule has 16 heavy (non-hydrogen) atoms. The molecule has 0 bridgehead atoms. The second-order valence-electron chi connectivity index (χ2n) is 4.08. The van der Waals surface area contributed by atoms with Crippen LogP contribution in [0, 0.1) is 0 Å². The molecule has 1 aliphatic heterocycles. The molecular formula is C12H18N2O2. The van der Waals surface area contributed by atoms with Crippen molar-refractivity contribution in [1.29, 1.82) is 0 Å². The Labute approximate surface area is 95.9 Å². The Morgan fingerprint density at radius 3 is 2.50 bits per heavy atom. The van der Waals surface area contributed by atoms with Crippen LogP contribution in [0.3, 0.4) is 0 Å². The first kappa shape index (κ1) is 11.2. The maximum absolute atomic E-state index is 6.13. The summed E-state index contributed by atoms with van der Waals surface area (Å²) in [4.78, 5) is 2.13. The van der Waals surface area contributed by atoms with Crippen LogP contribution in [0.2, 0.25) is 0 Å². The Bertz CT molecular complexity index is 393. The van der Waals surface area contributed by atoms with Gasteiger partial charge in [0.2, 0.25) is 0 Å². The van der Waals surface area contributed by atoms with Crippen LogP contribution in [0.4, 0.5) is 0 Å². The number of rotatable bonds is 2. The van der Waals surface area contributed by atoms with Crippen molar-refractivity contribution < 1.29 is 9.47 Å². The normalized spacial score (nSPS) is 20.4. The topological polar surface area (TPSA) is 47.7 Å². The highest BCUT2D eigenvalue weighted by Gasteiger charge is 2.23. The first-order valence-corrected chi connectivity index (χ1v) is 5.38. The highest BCUT2D eigenvalue weighted by atomic mass is 16.5. The summed E-state index contributed by atoms with van der Waals surface area (Å²) in [6.07, 6.45) is 0.948. The first-order chi connectivity index (χ1) is 7.67. The van der Waals surface area contributed by atoms with Crippen LogP contribution in [0.15, 0.2) is 12.1 Å². The van der Waals surface area contributed by atoms with Gasteiger partial charge in [-0.1, -0.05) is 0 Å². The lowest BCUT2D eigenvalue weighted by molar-refractivity contribution is 0.235. The van der Waals surface area contributed by atoms with Crippen molar-refractivity contribution in [3.63, 3.8) is 0 Å². The summed E-state index contributed by atoms with van der Waals surface area (Å²) in [5.74, 6) is 1.52. The molecule has 1 unspecified atom stereocenters. The summed E-state index contributed by atoms with van der Waals surface area (Å²) >= 11 is 0. The minimum atomic E-state index is -0.0523. The average molecular weight is 222 g/mol. The lowest BCUT2D eigenvalue weighted by atomic mass is 9.97. The van der Waals surface area contributed by atoms with Crippen molar-refractivity contribution in [2.45, 2.75) is 12.6 Å². The third kappa shape index (κ3) is 1.74.